The van der Waals surface area contributed by atoms with Crippen molar-refractivity contribution in [3.63, 3.8) is 0 Å². The second-order valence-electron chi connectivity index (χ2n) is 5.81. The maximum Gasteiger partial charge on any atom is 0.228 e. The van der Waals surface area contributed by atoms with Crippen molar-refractivity contribution < 1.29 is 18.7 Å². The Morgan fingerprint density at radius 1 is 1.19 bits per heavy atom. The zero-order valence-corrected chi connectivity index (χ0v) is 15.3. The fourth-order valence-corrected chi connectivity index (χ4v) is 2.45. The Bertz CT molecular complexity index is 876. The molecule has 0 aliphatic heterocycles. The Hall–Kier alpha value is -3.35. The summed E-state index contributed by atoms with van der Waals surface area (Å²) in [7, 11) is 1.61. The molecule has 140 valence electrons. The van der Waals surface area contributed by atoms with Gasteiger partial charge in [0.25, 0.3) is 0 Å². The van der Waals surface area contributed by atoms with Gasteiger partial charge in [0, 0.05) is 12.4 Å². The zero-order valence-electron chi connectivity index (χ0n) is 15.3. The predicted molar refractivity (Wildman–Crippen MR) is 99.7 cm³/mol. The number of carbonyl (C=O) groups is 1. The Balaban J connectivity index is 1.46. The number of nitrogens with zero attached hydrogens (tertiary/aromatic N) is 2. The molecule has 0 saturated carbocycles. The van der Waals surface area contributed by atoms with E-state index in [0.29, 0.717) is 30.5 Å². The molecule has 7 heteroatoms. The highest BCUT2D eigenvalue weighted by atomic mass is 16.5. The van der Waals surface area contributed by atoms with Crippen LogP contribution in [0.3, 0.4) is 0 Å². The number of rotatable bonds is 8. The summed E-state index contributed by atoms with van der Waals surface area (Å²) in [5, 5.41) is 2.82. The summed E-state index contributed by atoms with van der Waals surface area (Å²) >= 11 is 0. The Morgan fingerprint density at radius 2 is 1.96 bits per heavy atom. The Kier molecular flexibility index (Phi) is 6.04. The van der Waals surface area contributed by atoms with Gasteiger partial charge in [-0.25, -0.2) is 4.98 Å². The smallest absolute Gasteiger partial charge is 0.228 e. The molecule has 2 aromatic heterocycles. The first-order valence-electron chi connectivity index (χ1n) is 8.56. The van der Waals surface area contributed by atoms with E-state index < -0.39 is 0 Å². The largest absolute Gasteiger partial charge is 0.497 e. The lowest BCUT2D eigenvalue weighted by Crippen LogP contribution is -2.29. The molecule has 1 aromatic carbocycles. The van der Waals surface area contributed by atoms with Gasteiger partial charge in [-0.3, -0.25) is 9.78 Å². The van der Waals surface area contributed by atoms with Crippen molar-refractivity contribution in [2.45, 2.75) is 13.3 Å². The molecule has 0 saturated heterocycles. The molecule has 0 unspecified atom stereocenters. The summed E-state index contributed by atoms with van der Waals surface area (Å²) in [5.41, 5.74) is 1.39. The first-order chi connectivity index (χ1) is 13.2. The van der Waals surface area contributed by atoms with E-state index >= 15 is 0 Å². The minimum atomic E-state index is -0.137. The van der Waals surface area contributed by atoms with Gasteiger partial charge in [-0.1, -0.05) is 0 Å². The number of amides is 1. The van der Waals surface area contributed by atoms with Crippen molar-refractivity contribution in [2.24, 2.45) is 0 Å². The highest BCUT2D eigenvalue weighted by molar-refractivity contribution is 5.78. The van der Waals surface area contributed by atoms with Crippen LogP contribution in [0.25, 0.3) is 11.5 Å². The first-order valence-corrected chi connectivity index (χ1v) is 8.56. The fourth-order valence-electron chi connectivity index (χ4n) is 2.45. The van der Waals surface area contributed by atoms with E-state index in [1.165, 1.54) is 0 Å². The van der Waals surface area contributed by atoms with Crippen LogP contribution in [0.5, 0.6) is 11.5 Å². The van der Waals surface area contributed by atoms with Gasteiger partial charge in [-0.05, 0) is 43.3 Å². The molecule has 2 heterocycles. The number of carbonyl (C=O) groups excluding carboxylic acids is 1. The molecule has 0 atom stereocenters. The summed E-state index contributed by atoms with van der Waals surface area (Å²) in [4.78, 5) is 20.6. The highest BCUT2D eigenvalue weighted by Gasteiger charge is 2.14. The third-order valence-corrected chi connectivity index (χ3v) is 3.88. The van der Waals surface area contributed by atoms with Gasteiger partial charge >= 0.3 is 0 Å². The van der Waals surface area contributed by atoms with Crippen LogP contribution in [-0.4, -0.2) is 36.1 Å². The molecular weight excluding hydrogens is 346 g/mol. The second kappa shape index (κ2) is 8.84. The summed E-state index contributed by atoms with van der Waals surface area (Å²) < 4.78 is 16.3. The molecule has 0 aliphatic rings. The summed E-state index contributed by atoms with van der Waals surface area (Å²) in [5.74, 6) is 2.44. The Morgan fingerprint density at radius 3 is 2.67 bits per heavy atom. The quantitative estimate of drug-likeness (QED) is 0.616. The number of aryl methyl sites for hydroxylation is 1. The molecule has 0 fully saturated rings. The number of pyridine rings is 1. The van der Waals surface area contributed by atoms with Crippen LogP contribution in [0.1, 0.15) is 11.5 Å². The van der Waals surface area contributed by atoms with Crippen molar-refractivity contribution >= 4 is 5.91 Å². The normalized spacial score (nSPS) is 10.4. The van der Waals surface area contributed by atoms with E-state index in [-0.39, 0.29) is 12.3 Å². The summed E-state index contributed by atoms with van der Waals surface area (Å²) in [6.45, 7) is 2.57. The van der Waals surface area contributed by atoms with E-state index in [1.54, 1.807) is 26.4 Å². The van der Waals surface area contributed by atoms with Gasteiger partial charge in [0.15, 0.2) is 0 Å². The molecule has 27 heavy (non-hydrogen) atoms. The monoisotopic (exact) mass is 367 g/mol. The number of aromatic nitrogens is 2. The molecule has 3 rings (SSSR count). The van der Waals surface area contributed by atoms with Crippen LogP contribution in [0, 0.1) is 6.92 Å². The molecule has 0 spiro atoms. The van der Waals surface area contributed by atoms with Gasteiger partial charge in [0.2, 0.25) is 11.8 Å². The standard InChI is InChI=1S/C20H21N3O4/c1-14-18(23-20(27-14)15-4-3-9-21-13-15)12-19(24)22-10-11-26-17-7-5-16(25-2)6-8-17/h3-9,13H,10-12H2,1-2H3,(H,22,24). The Labute approximate surface area is 157 Å². The van der Waals surface area contributed by atoms with Crippen LogP contribution < -0.4 is 14.8 Å². The predicted octanol–water partition coefficient (Wildman–Crippen LogP) is 2.79. The molecule has 1 N–H and O–H groups in total. The van der Waals surface area contributed by atoms with Crippen molar-refractivity contribution in [1.29, 1.82) is 0 Å². The number of hydrogen-bond acceptors (Lipinski definition) is 6. The molecule has 3 aromatic rings. The number of benzene rings is 1. The minimum absolute atomic E-state index is 0.137. The first kappa shape index (κ1) is 18.4. The third-order valence-electron chi connectivity index (χ3n) is 3.88. The van der Waals surface area contributed by atoms with Gasteiger partial charge in [0.1, 0.15) is 23.9 Å². The fraction of sp³-hybridized carbons (Fsp3) is 0.250. The zero-order chi connectivity index (χ0) is 19.1. The van der Waals surface area contributed by atoms with E-state index in [0.717, 1.165) is 17.1 Å². The van der Waals surface area contributed by atoms with E-state index in [9.17, 15) is 4.79 Å². The number of ether oxygens (including phenoxy) is 2. The van der Waals surface area contributed by atoms with Crippen LogP contribution >= 0.6 is 0 Å². The molecule has 1 amide bonds. The summed E-state index contributed by atoms with van der Waals surface area (Å²) in [6, 6.07) is 10.9. The lowest BCUT2D eigenvalue weighted by Gasteiger charge is -2.08. The molecule has 0 radical (unpaired) electrons. The topological polar surface area (TPSA) is 86.5 Å². The minimum Gasteiger partial charge on any atom is -0.497 e. The number of methoxy groups -OCH3 is 1. The molecule has 0 aliphatic carbocycles. The second-order valence-corrected chi connectivity index (χ2v) is 5.81. The van der Waals surface area contributed by atoms with Crippen LogP contribution in [0.15, 0.2) is 53.2 Å². The van der Waals surface area contributed by atoms with Crippen LogP contribution in [0.4, 0.5) is 0 Å². The van der Waals surface area contributed by atoms with Crippen molar-refractivity contribution in [3.8, 4) is 23.0 Å². The maximum absolute atomic E-state index is 12.1. The number of hydrogen-bond donors (Lipinski definition) is 1. The van der Waals surface area contributed by atoms with Gasteiger partial charge in [-0.2, -0.15) is 0 Å². The van der Waals surface area contributed by atoms with Gasteiger partial charge in [-0.15, -0.1) is 0 Å². The lowest BCUT2D eigenvalue weighted by molar-refractivity contribution is -0.120. The van der Waals surface area contributed by atoms with E-state index in [1.807, 2.05) is 36.4 Å². The van der Waals surface area contributed by atoms with E-state index in [4.69, 9.17) is 13.9 Å². The van der Waals surface area contributed by atoms with E-state index in [2.05, 4.69) is 15.3 Å². The van der Waals surface area contributed by atoms with Crippen molar-refractivity contribution in [3.05, 3.63) is 60.2 Å². The van der Waals surface area contributed by atoms with Crippen molar-refractivity contribution in [1.82, 2.24) is 15.3 Å². The third kappa shape index (κ3) is 5.07. The van der Waals surface area contributed by atoms with Crippen LogP contribution in [0.2, 0.25) is 0 Å². The average molecular weight is 367 g/mol. The average Bonchev–Trinajstić information content (AvgIpc) is 3.07. The molecular formula is C20H21N3O4. The summed E-state index contributed by atoms with van der Waals surface area (Å²) in [6.07, 6.45) is 3.51. The number of oxazole rings is 1. The van der Waals surface area contributed by atoms with Crippen LogP contribution in [-0.2, 0) is 11.2 Å². The van der Waals surface area contributed by atoms with Gasteiger partial charge < -0.3 is 19.2 Å². The maximum atomic E-state index is 12.1. The molecule has 7 nitrogen and oxygen atoms in total. The lowest BCUT2D eigenvalue weighted by atomic mass is 10.2. The van der Waals surface area contributed by atoms with Crippen molar-refractivity contribution in [2.75, 3.05) is 20.3 Å². The molecule has 0 bridgehead atoms. The van der Waals surface area contributed by atoms with Gasteiger partial charge in [0.05, 0.1) is 31.3 Å². The highest BCUT2D eigenvalue weighted by Crippen LogP contribution is 2.21. The SMILES string of the molecule is COc1ccc(OCCNC(=O)Cc2nc(-c3cccnc3)oc2C)cc1. The number of nitrogens with one attached hydrogen (secondary N) is 1.